The summed E-state index contributed by atoms with van der Waals surface area (Å²) in [6, 6.07) is 6.18. The van der Waals surface area contributed by atoms with Gasteiger partial charge in [-0.1, -0.05) is 18.2 Å². The number of hydrogen-bond acceptors (Lipinski definition) is 3. The molecular weight excluding hydrogens is 405 g/mol. The molecule has 1 unspecified atom stereocenters. The lowest BCUT2D eigenvalue weighted by Crippen LogP contribution is -2.42. The van der Waals surface area contributed by atoms with Crippen LogP contribution >= 0.6 is 24.0 Å². The first kappa shape index (κ1) is 20.0. The molecule has 6 heteroatoms. The van der Waals surface area contributed by atoms with Gasteiger partial charge in [-0.05, 0) is 37.8 Å². The molecule has 0 amide bonds. The lowest BCUT2D eigenvalue weighted by Gasteiger charge is -2.16. The first-order valence-electron chi connectivity index (χ1n) is 7.96. The SMILES string of the molecule is CN=C(NCCOc1c(C)cccc1C)NCC1CCCO1.I. The third-order valence-corrected chi connectivity index (χ3v) is 3.79. The molecule has 1 aliphatic heterocycles. The van der Waals surface area contributed by atoms with Crippen LogP contribution in [0.25, 0.3) is 0 Å². The maximum Gasteiger partial charge on any atom is 0.191 e. The molecule has 1 aromatic rings. The number of rotatable bonds is 6. The third kappa shape index (κ3) is 6.55. The van der Waals surface area contributed by atoms with E-state index in [2.05, 4.69) is 41.6 Å². The lowest BCUT2D eigenvalue weighted by molar-refractivity contribution is 0.114. The minimum Gasteiger partial charge on any atom is -0.491 e. The van der Waals surface area contributed by atoms with Crippen molar-refractivity contribution < 1.29 is 9.47 Å². The normalized spacial score (nSPS) is 17.5. The predicted octanol–water partition coefficient (Wildman–Crippen LogP) is 2.64. The van der Waals surface area contributed by atoms with Gasteiger partial charge in [0.05, 0.1) is 12.6 Å². The smallest absolute Gasteiger partial charge is 0.191 e. The zero-order valence-electron chi connectivity index (χ0n) is 14.2. The summed E-state index contributed by atoms with van der Waals surface area (Å²) in [7, 11) is 1.77. The molecule has 23 heavy (non-hydrogen) atoms. The minimum atomic E-state index is 0. The molecule has 5 nitrogen and oxygen atoms in total. The van der Waals surface area contributed by atoms with E-state index in [0.717, 1.165) is 37.7 Å². The largest absolute Gasteiger partial charge is 0.491 e. The Morgan fingerprint density at radius 1 is 1.30 bits per heavy atom. The second kappa shape index (κ2) is 10.7. The van der Waals surface area contributed by atoms with E-state index in [0.29, 0.717) is 19.3 Å². The van der Waals surface area contributed by atoms with Gasteiger partial charge < -0.3 is 20.1 Å². The number of nitrogens with one attached hydrogen (secondary N) is 2. The van der Waals surface area contributed by atoms with Gasteiger partial charge in [-0.25, -0.2) is 0 Å². The summed E-state index contributed by atoms with van der Waals surface area (Å²) in [5, 5.41) is 6.55. The van der Waals surface area contributed by atoms with Crippen molar-refractivity contribution in [2.45, 2.75) is 32.8 Å². The fourth-order valence-electron chi connectivity index (χ4n) is 2.59. The molecule has 1 fully saturated rings. The maximum absolute atomic E-state index is 5.87. The van der Waals surface area contributed by atoms with Gasteiger partial charge in [0.15, 0.2) is 5.96 Å². The summed E-state index contributed by atoms with van der Waals surface area (Å²) >= 11 is 0. The number of guanidine groups is 1. The number of aryl methyl sites for hydroxylation is 2. The van der Waals surface area contributed by atoms with Crippen LogP contribution in [0.2, 0.25) is 0 Å². The van der Waals surface area contributed by atoms with Crippen LogP contribution in [-0.4, -0.2) is 45.4 Å². The fourth-order valence-corrected chi connectivity index (χ4v) is 2.59. The highest BCUT2D eigenvalue weighted by molar-refractivity contribution is 14.0. The summed E-state index contributed by atoms with van der Waals surface area (Å²) in [5.74, 6) is 1.77. The van der Waals surface area contributed by atoms with E-state index in [-0.39, 0.29) is 24.0 Å². The highest BCUT2D eigenvalue weighted by atomic mass is 127. The van der Waals surface area contributed by atoms with Crippen LogP contribution < -0.4 is 15.4 Å². The molecule has 1 aliphatic rings. The number of halogens is 1. The number of nitrogens with zero attached hydrogens (tertiary/aromatic N) is 1. The van der Waals surface area contributed by atoms with Gasteiger partial charge in [0, 0.05) is 20.2 Å². The Morgan fingerprint density at radius 2 is 2.04 bits per heavy atom. The van der Waals surface area contributed by atoms with Gasteiger partial charge in [-0.15, -0.1) is 24.0 Å². The molecule has 1 heterocycles. The Kier molecular flexibility index (Phi) is 9.31. The first-order chi connectivity index (χ1) is 10.7. The summed E-state index contributed by atoms with van der Waals surface area (Å²) in [4.78, 5) is 4.21. The molecule has 0 bridgehead atoms. The molecule has 2 N–H and O–H groups in total. The highest BCUT2D eigenvalue weighted by Crippen LogP contribution is 2.21. The first-order valence-corrected chi connectivity index (χ1v) is 7.96. The van der Waals surface area contributed by atoms with Crippen molar-refractivity contribution in [3.63, 3.8) is 0 Å². The number of ether oxygens (including phenoxy) is 2. The van der Waals surface area contributed by atoms with E-state index in [1.807, 2.05) is 6.07 Å². The second-order valence-corrected chi connectivity index (χ2v) is 5.58. The van der Waals surface area contributed by atoms with Crippen molar-refractivity contribution >= 4 is 29.9 Å². The van der Waals surface area contributed by atoms with Gasteiger partial charge >= 0.3 is 0 Å². The molecule has 0 saturated carbocycles. The molecule has 1 saturated heterocycles. The van der Waals surface area contributed by atoms with Crippen molar-refractivity contribution in [3.05, 3.63) is 29.3 Å². The van der Waals surface area contributed by atoms with Gasteiger partial charge in [-0.2, -0.15) is 0 Å². The quantitative estimate of drug-likeness (QED) is 0.314. The Hall–Kier alpha value is -1.02. The van der Waals surface area contributed by atoms with Crippen molar-refractivity contribution in [3.8, 4) is 5.75 Å². The van der Waals surface area contributed by atoms with Crippen LogP contribution in [0.1, 0.15) is 24.0 Å². The molecule has 0 aromatic heterocycles. The zero-order chi connectivity index (χ0) is 15.8. The Bertz CT molecular complexity index is 482. The fraction of sp³-hybridized carbons (Fsp3) is 0.588. The van der Waals surface area contributed by atoms with Crippen LogP contribution in [-0.2, 0) is 4.74 Å². The van der Waals surface area contributed by atoms with E-state index < -0.39 is 0 Å². The third-order valence-electron chi connectivity index (χ3n) is 3.79. The molecule has 1 aromatic carbocycles. The van der Waals surface area contributed by atoms with Crippen molar-refractivity contribution in [1.82, 2.24) is 10.6 Å². The summed E-state index contributed by atoms with van der Waals surface area (Å²) in [6.45, 7) is 7.13. The Morgan fingerprint density at radius 3 is 2.65 bits per heavy atom. The Balaban J connectivity index is 0.00000264. The van der Waals surface area contributed by atoms with Gasteiger partial charge in [0.1, 0.15) is 12.4 Å². The van der Waals surface area contributed by atoms with Crippen LogP contribution in [0.4, 0.5) is 0 Å². The topological polar surface area (TPSA) is 54.9 Å². The van der Waals surface area contributed by atoms with E-state index in [9.17, 15) is 0 Å². The van der Waals surface area contributed by atoms with Gasteiger partial charge in [0.25, 0.3) is 0 Å². The molecule has 2 rings (SSSR count). The summed E-state index contributed by atoms with van der Waals surface area (Å²) in [5.41, 5.74) is 2.33. The van der Waals surface area contributed by atoms with Crippen LogP contribution in [0.3, 0.4) is 0 Å². The van der Waals surface area contributed by atoms with E-state index in [4.69, 9.17) is 9.47 Å². The van der Waals surface area contributed by atoms with Gasteiger partial charge in [-0.3, -0.25) is 4.99 Å². The van der Waals surface area contributed by atoms with Crippen molar-refractivity contribution in [1.29, 1.82) is 0 Å². The predicted molar refractivity (Wildman–Crippen MR) is 105 cm³/mol. The zero-order valence-corrected chi connectivity index (χ0v) is 16.6. The monoisotopic (exact) mass is 433 g/mol. The van der Waals surface area contributed by atoms with Crippen molar-refractivity contribution in [2.24, 2.45) is 4.99 Å². The van der Waals surface area contributed by atoms with Crippen LogP contribution in [0.5, 0.6) is 5.75 Å². The molecule has 0 radical (unpaired) electrons. The number of aliphatic imine (C=N–C) groups is 1. The number of hydrogen-bond donors (Lipinski definition) is 2. The van der Waals surface area contributed by atoms with E-state index in [1.165, 1.54) is 11.1 Å². The maximum atomic E-state index is 5.87. The van der Waals surface area contributed by atoms with E-state index in [1.54, 1.807) is 7.05 Å². The van der Waals surface area contributed by atoms with Crippen LogP contribution in [0, 0.1) is 13.8 Å². The molecule has 1 atom stereocenters. The second-order valence-electron chi connectivity index (χ2n) is 5.58. The number of para-hydroxylation sites is 1. The molecular formula is C17H28IN3O2. The lowest BCUT2D eigenvalue weighted by atomic mass is 10.1. The van der Waals surface area contributed by atoms with Crippen LogP contribution in [0.15, 0.2) is 23.2 Å². The highest BCUT2D eigenvalue weighted by Gasteiger charge is 2.15. The number of benzene rings is 1. The van der Waals surface area contributed by atoms with E-state index >= 15 is 0 Å². The average Bonchev–Trinajstić information content (AvgIpc) is 3.02. The summed E-state index contributed by atoms with van der Waals surface area (Å²) in [6.07, 6.45) is 2.59. The minimum absolute atomic E-state index is 0. The molecule has 130 valence electrons. The standard InChI is InChI=1S/C17H27N3O2.HI/c1-13-6-4-7-14(2)16(13)22-11-9-19-17(18-3)20-12-15-8-5-10-21-15;/h4,6-7,15H,5,8-12H2,1-3H3,(H2,18,19,20);1H. The van der Waals surface area contributed by atoms with Crippen molar-refractivity contribution in [2.75, 3.05) is 33.4 Å². The Labute approximate surface area is 156 Å². The molecule has 0 aliphatic carbocycles. The van der Waals surface area contributed by atoms with Gasteiger partial charge in [0.2, 0.25) is 0 Å². The summed E-state index contributed by atoms with van der Waals surface area (Å²) < 4.78 is 11.5. The molecule has 0 spiro atoms. The average molecular weight is 433 g/mol.